The van der Waals surface area contributed by atoms with Crippen molar-refractivity contribution in [3.8, 4) is 0 Å². The maximum atomic E-state index is 4.36. The zero-order valence-corrected chi connectivity index (χ0v) is 9.02. The van der Waals surface area contributed by atoms with Crippen LogP contribution in [0.5, 0.6) is 0 Å². The van der Waals surface area contributed by atoms with Gasteiger partial charge in [-0.1, -0.05) is 0 Å². The second kappa shape index (κ2) is 4.96. The molecule has 0 bridgehead atoms. The molecular weight excluding hydrogens is 148 g/mol. The van der Waals surface area contributed by atoms with Gasteiger partial charge in [-0.25, -0.2) is 0 Å². The van der Waals surface area contributed by atoms with Gasteiger partial charge in [0.2, 0.25) is 0 Å². The average molecular weight is 168 g/mol. The molecule has 12 heavy (non-hydrogen) atoms. The van der Waals surface area contributed by atoms with Crippen molar-refractivity contribution in [3.05, 3.63) is 11.4 Å². The van der Waals surface area contributed by atoms with Gasteiger partial charge in [0, 0.05) is 17.5 Å². The van der Waals surface area contributed by atoms with Crippen molar-refractivity contribution in [1.82, 2.24) is 5.32 Å². The Balaban J connectivity index is 4.37. The first-order chi connectivity index (χ1) is 5.43. The molecule has 0 unspecified atom stereocenters. The molecule has 0 saturated heterocycles. The zero-order chi connectivity index (χ0) is 9.72. The summed E-state index contributed by atoms with van der Waals surface area (Å²) in [7, 11) is 0. The van der Waals surface area contributed by atoms with Gasteiger partial charge in [-0.2, -0.15) is 0 Å². The Labute approximate surface area is 75.8 Å². The lowest BCUT2D eigenvalue weighted by atomic mass is 10.3. The molecule has 2 heteroatoms. The first-order valence-electron chi connectivity index (χ1n) is 4.39. The highest BCUT2D eigenvalue weighted by atomic mass is 14.9. The van der Waals surface area contributed by atoms with Crippen molar-refractivity contribution < 1.29 is 0 Å². The maximum Gasteiger partial charge on any atom is 0.0557 e. The van der Waals surface area contributed by atoms with E-state index in [1.165, 1.54) is 0 Å². The van der Waals surface area contributed by atoms with Crippen LogP contribution in [0.15, 0.2) is 16.4 Å². The SMILES string of the molecule is CC(C)=N/C(C)=C(\C)NC(C)C. The van der Waals surface area contributed by atoms with E-state index in [1.807, 2.05) is 20.8 Å². The Morgan fingerprint density at radius 3 is 1.92 bits per heavy atom. The minimum atomic E-state index is 0.479. The number of nitrogens with zero attached hydrogens (tertiary/aromatic N) is 1. The number of hydrogen-bond acceptors (Lipinski definition) is 2. The summed E-state index contributed by atoms with van der Waals surface area (Å²) in [6.07, 6.45) is 0. The summed E-state index contributed by atoms with van der Waals surface area (Å²) in [5.74, 6) is 0. The van der Waals surface area contributed by atoms with Crippen molar-refractivity contribution in [3.63, 3.8) is 0 Å². The summed E-state index contributed by atoms with van der Waals surface area (Å²) in [6.45, 7) is 12.3. The van der Waals surface area contributed by atoms with Gasteiger partial charge in [-0.3, -0.25) is 4.99 Å². The molecule has 0 rings (SSSR count). The first-order valence-corrected chi connectivity index (χ1v) is 4.39. The van der Waals surface area contributed by atoms with Crippen molar-refractivity contribution in [1.29, 1.82) is 0 Å². The lowest BCUT2D eigenvalue weighted by Crippen LogP contribution is -2.21. The third kappa shape index (κ3) is 4.94. The third-order valence-corrected chi connectivity index (χ3v) is 1.44. The Morgan fingerprint density at radius 1 is 1.08 bits per heavy atom. The van der Waals surface area contributed by atoms with E-state index in [-0.39, 0.29) is 0 Å². The summed E-state index contributed by atoms with van der Waals surface area (Å²) in [5, 5.41) is 3.32. The van der Waals surface area contributed by atoms with Crippen LogP contribution in [0, 0.1) is 0 Å². The standard InChI is InChI=1S/C10H20N2/c1-7(2)11-9(5)10(6)12-8(3)4/h7,11H,1-6H3/b10-9+. The predicted molar refractivity (Wildman–Crippen MR) is 55.4 cm³/mol. The molecule has 0 saturated carbocycles. The van der Waals surface area contributed by atoms with E-state index in [1.54, 1.807) is 0 Å². The summed E-state index contributed by atoms with van der Waals surface area (Å²) in [6, 6.07) is 0.479. The molecule has 0 aliphatic carbocycles. The number of aliphatic imine (C=N–C) groups is 1. The van der Waals surface area contributed by atoms with Gasteiger partial charge in [-0.05, 0) is 41.5 Å². The number of allylic oxidation sites excluding steroid dienone is 2. The largest absolute Gasteiger partial charge is 0.385 e. The maximum absolute atomic E-state index is 4.36. The lowest BCUT2D eigenvalue weighted by Gasteiger charge is -2.11. The normalized spacial score (nSPS) is 12.6. The number of nitrogens with one attached hydrogen (secondary N) is 1. The molecule has 1 N–H and O–H groups in total. The monoisotopic (exact) mass is 168 g/mol. The molecular formula is C10H20N2. The van der Waals surface area contributed by atoms with Crippen molar-refractivity contribution in [2.24, 2.45) is 4.99 Å². The zero-order valence-electron chi connectivity index (χ0n) is 9.02. The van der Waals surface area contributed by atoms with Crippen LogP contribution in [0.4, 0.5) is 0 Å². The predicted octanol–water partition coefficient (Wildman–Crippen LogP) is 2.72. The van der Waals surface area contributed by atoms with Crippen LogP contribution < -0.4 is 5.32 Å². The Kier molecular flexibility index (Phi) is 4.64. The third-order valence-electron chi connectivity index (χ3n) is 1.44. The Hall–Kier alpha value is -0.790. The van der Waals surface area contributed by atoms with Crippen LogP contribution >= 0.6 is 0 Å². The van der Waals surface area contributed by atoms with Crippen LogP contribution in [-0.4, -0.2) is 11.8 Å². The van der Waals surface area contributed by atoms with E-state index in [2.05, 4.69) is 31.1 Å². The number of hydrogen-bond donors (Lipinski definition) is 1. The molecule has 0 atom stereocenters. The average Bonchev–Trinajstić information content (AvgIpc) is 1.84. The van der Waals surface area contributed by atoms with Crippen molar-refractivity contribution in [2.45, 2.75) is 47.6 Å². The minimum Gasteiger partial charge on any atom is -0.385 e. The Morgan fingerprint density at radius 2 is 1.58 bits per heavy atom. The highest BCUT2D eigenvalue weighted by Crippen LogP contribution is 2.02. The van der Waals surface area contributed by atoms with Gasteiger partial charge in [0.1, 0.15) is 0 Å². The fourth-order valence-corrected chi connectivity index (χ4v) is 0.957. The van der Waals surface area contributed by atoms with Gasteiger partial charge < -0.3 is 5.32 Å². The van der Waals surface area contributed by atoms with Gasteiger partial charge in [0.05, 0.1) is 5.70 Å². The molecule has 0 aromatic carbocycles. The molecule has 0 aliphatic heterocycles. The topological polar surface area (TPSA) is 24.4 Å². The summed E-state index contributed by atoms with van der Waals surface area (Å²) in [4.78, 5) is 4.36. The van der Waals surface area contributed by atoms with E-state index in [4.69, 9.17) is 0 Å². The van der Waals surface area contributed by atoms with Crippen LogP contribution in [0.2, 0.25) is 0 Å². The molecule has 70 valence electrons. The van der Waals surface area contributed by atoms with E-state index in [0.717, 1.165) is 17.1 Å². The van der Waals surface area contributed by atoms with Crippen LogP contribution in [0.1, 0.15) is 41.5 Å². The van der Waals surface area contributed by atoms with Gasteiger partial charge in [-0.15, -0.1) is 0 Å². The molecule has 0 spiro atoms. The van der Waals surface area contributed by atoms with Gasteiger partial charge in [0.25, 0.3) is 0 Å². The minimum absolute atomic E-state index is 0.479. The summed E-state index contributed by atoms with van der Waals surface area (Å²) < 4.78 is 0. The van der Waals surface area contributed by atoms with Crippen LogP contribution in [-0.2, 0) is 0 Å². The molecule has 0 aliphatic rings. The number of rotatable bonds is 3. The highest BCUT2D eigenvalue weighted by Gasteiger charge is 1.96. The first kappa shape index (κ1) is 11.2. The second-order valence-electron chi connectivity index (χ2n) is 3.57. The summed E-state index contributed by atoms with van der Waals surface area (Å²) >= 11 is 0. The molecule has 2 nitrogen and oxygen atoms in total. The molecule has 0 amide bonds. The summed E-state index contributed by atoms with van der Waals surface area (Å²) in [5.41, 5.74) is 3.33. The van der Waals surface area contributed by atoms with Crippen LogP contribution in [0.3, 0.4) is 0 Å². The highest BCUT2D eigenvalue weighted by molar-refractivity contribution is 5.80. The molecule has 0 fully saturated rings. The molecule has 0 aromatic rings. The van der Waals surface area contributed by atoms with E-state index in [0.29, 0.717) is 6.04 Å². The van der Waals surface area contributed by atoms with E-state index in [9.17, 15) is 0 Å². The van der Waals surface area contributed by atoms with E-state index < -0.39 is 0 Å². The van der Waals surface area contributed by atoms with Gasteiger partial charge in [0.15, 0.2) is 0 Å². The van der Waals surface area contributed by atoms with E-state index >= 15 is 0 Å². The second-order valence-corrected chi connectivity index (χ2v) is 3.57. The molecule has 0 radical (unpaired) electrons. The molecule has 0 heterocycles. The van der Waals surface area contributed by atoms with Gasteiger partial charge >= 0.3 is 0 Å². The lowest BCUT2D eigenvalue weighted by molar-refractivity contribution is 0.662. The van der Waals surface area contributed by atoms with Crippen LogP contribution in [0.25, 0.3) is 0 Å². The fraction of sp³-hybridized carbons (Fsp3) is 0.700. The van der Waals surface area contributed by atoms with Crippen molar-refractivity contribution in [2.75, 3.05) is 0 Å². The Bertz CT molecular complexity index is 196. The quantitative estimate of drug-likeness (QED) is 0.644. The molecule has 0 aromatic heterocycles. The fourth-order valence-electron chi connectivity index (χ4n) is 0.957. The smallest absolute Gasteiger partial charge is 0.0557 e. The van der Waals surface area contributed by atoms with Crippen molar-refractivity contribution >= 4 is 5.71 Å².